The number of nitro benzene ring substituents is 1. The Morgan fingerprint density at radius 2 is 1.75 bits per heavy atom. The molecule has 1 atom stereocenters. The summed E-state index contributed by atoms with van der Waals surface area (Å²) in [6.07, 6.45) is 0.890. The first kappa shape index (κ1) is 29.3. The van der Waals surface area contributed by atoms with Crippen LogP contribution < -0.4 is 9.62 Å². The molecule has 2 rings (SSSR count). The minimum Gasteiger partial charge on any atom is -0.354 e. The number of nitrogens with zero attached hydrogens (tertiary/aromatic N) is 3. The molecule has 0 radical (unpaired) electrons. The lowest BCUT2D eigenvalue weighted by Crippen LogP contribution is -2.51. The molecule has 0 aliphatic heterocycles. The van der Waals surface area contributed by atoms with E-state index >= 15 is 0 Å². The summed E-state index contributed by atoms with van der Waals surface area (Å²) in [5.74, 6) is -0.932. The molecule has 36 heavy (non-hydrogen) atoms. The van der Waals surface area contributed by atoms with Gasteiger partial charge in [-0.3, -0.25) is 24.0 Å². The van der Waals surface area contributed by atoms with E-state index in [1.165, 1.54) is 30.0 Å². The zero-order chi connectivity index (χ0) is 27.2. The number of carbonyl (C=O) groups is 2. The first-order valence-corrected chi connectivity index (χ1v) is 13.5. The van der Waals surface area contributed by atoms with Gasteiger partial charge >= 0.3 is 0 Å². The number of amides is 2. The maximum absolute atomic E-state index is 13.5. The fourth-order valence-electron chi connectivity index (χ4n) is 3.25. The van der Waals surface area contributed by atoms with Crippen LogP contribution >= 0.6 is 23.2 Å². The molecule has 196 valence electrons. The summed E-state index contributed by atoms with van der Waals surface area (Å²) >= 11 is 12.1. The Labute approximate surface area is 220 Å². The Morgan fingerprint density at radius 1 is 1.08 bits per heavy atom. The van der Waals surface area contributed by atoms with Gasteiger partial charge in [-0.1, -0.05) is 49.2 Å². The van der Waals surface area contributed by atoms with Crippen LogP contribution in [0.1, 0.15) is 26.3 Å². The molecule has 0 aliphatic rings. The standard InChI is InChI=1S/C23H28Cl2N4O6S/c1-15(2)12-26-23(31)16(3)27(13-17-8-9-20(24)21(25)10-17)22(30)14-28(36(4,34)35)18-6-5-7-19(11-18)29(32)33/h5-11,15-16H,12-14H2,1-4H3,(H,26,31)/t16-/m1/s1. The van der Waals surface area contributed by atoms with Crippen LogP contribution in [-0.4, -0.2) is 55.4 Å². The fraction of sp³-hybridized carbons (Fsp3) is 0.391. The van der Waals surface area contributed by atoms with Gasteiger partial charge in [0.2, 0.25) is 21.8 Å². The van der Waals surface area contributed by atoms with Gasteiger partial charge in [0, 0.05) is 25.2 Å². The zero-order valence-corrected chi connectivity index (χ0v) is 22.6. The molecule has 0 bridgehead atoms. The summed E-state index contributed by atoms with van der Waals surface area (Å²) in [4.78, 5) is 38.0. The molecule has 2 amide bonds. The number of non-ortho nitro benzene ring substituents is 1. The largest absolute Gasteiger partial charge is 0.354 e. The van der Waals surface area contributed by atoms with Gasteiger partial charge in [0.15, 0.2) is 0 Å². The molecule has 10 nitrogen and oxygen atoms in total. The van der Waals surface area contributed by atoms with Crippen molar-refractivity contribution in [2.45, 2.75) is 33.4 Å². The third kappa shape index (κ3) is 8.07. The summed E-state index contributed by atoms with van der Waals surface area (Å²) in [6.45, 7) is 5.03. The molecular formula is C23H28Cl2N4O6S. The van der Waals surface area contributed by atoms with Crippen LogP contribution in [0.4, 0.5) is 11.4 Å². The summed E-state index contributed by atoms with van der Waals surface area (Å²) in [6, 6.07) is 8.74. The van der Waals surface area contributed by atoms with Crippen molar-refractivity contribution in [2.75, 3.05) is 23.7 Å². The monoisotopic (exact) mass is 558 g/mol. The second-order valence-electron chi connectivity index (χ2n) is 8.63. The zero-order valence-electron chi connectivity index (χ0n) is 20.3. The van der Waals surface area contributed by atoms with E-state index in [9.17, 15) is 28.1 Å². The van der Waals surface area contributed by atoms with Crippen molar-refractivity contribution >= 4 is 56.4 Å². The Morgan fingerprint density at radius 3 is 2.31 bits per heavy atom. The van der Waals surface area contributed by atoms with Crippen molar-refractivity contribution in [1.29, 1.82) is 0 Å². The second kappa shape index (κ2) is 12.4. The van der Waals surface area contributed by atoms with E-state index in [1.54, 1.807) is 18.2 Å². The SMILES string of the molecule is CC(C)CNC(=O)[C@@H](C)N(Cc1ccc(Cl)c(Cl)c1)C(=O)CN(c1cccc([N+](=O)[O-])c1)S(C)(=O)=O. The third-order valence-corrected chi connectivity index (χ3v) is 7.08. The molecule has 2 aromatic carbocycles. The van der Waals surface area contributed by atoms with E-state index in [2.05, 4.69) is 5.32 Å². The highest BCUT2D eigenvalue weighted by atomic mass is 35.5. The van der Waals surface area contributed by atoms with Crippen LogP contribution in [0.15, 0.2) is 42.5 Å². The number of hydrogen-bond acceptors (Lipinski definition) is 6. The second-order valence-corrected chi connectivity index (χ2v) is 11.4. The van der Waals surface area contributed by atoms with Gasteiger partial charge in [-0.2, -0.15) is 0 Å². The predicted molar refractivity (Wildman–Crippen MR) is 140 cm³/mol. The molecule has 0 fully saturated rings. The Kier molecular flexibility index (Phi) is 10.1. The number of hydrogen-bond donors (Lipinski definition) is 1. The van der Waals surface area contributed by atoms with E-state index in [0.29, 0.717) is 17.1 Å². The van der Waals surface area contributed by atoms with Crippen molar-refractivity contribution in [2.24, 2.45) is 5.92 Å². The molecular weight excluding hydrogens is 531 g/mol. The van der Waals surface area contributed by atoms with Crippen LogP contribution in [0.2, 0.25) is 10.0 Å². The predicted octanol–water partition coefficient (Wildman–Crippen LogP) is 3.86. The van der Waals surface area contributed by atoms with Crippen LogP contribution in [0.3, 0.4) is 0 Å². The topological polar surface area (TPSA) is 130 Å². The Bertz CT molecular complexity index is 1240. The first-order valence-electron chi connectivity index (χ1n) is 10.9. The van der Waals surface area contributed by atoms with E-state index in [4.69, 9.17) is 23.2 Å². The van der Waals surface area contributed by atoms with Crippen molar-refractivity contribution in [3.8, 4) is 0 Å². The molecule has 0 aliphatic carbocycles. The van der Waals surface area contributed by atoms with Gasteiger partial charge < -0.3 is 10.2 Å². The summed E-state index contributed by atoms with van der Waals surface area (Å²) < 4.78 is 25.9. The van der Waals surface area contributed by atoms with E-state index < -0.39 is 39.3 Å². The average molecular weight is 559 g/mol. The molecule has 0 unspecified atom stereocenters. The Hall–Kier alpha value is -2.89. The van der Waals surface area contributed by atoms with E-state index in [1.807, 2.05) is 13.8 Å². The maximum Gasteiger partial charge on any atom is 0.271 e. The minimum absolute atomic E-state index is 0.0496. The number of halogens is 2. The van der Waals surface area contributed by atoms with Crippen molar-refractivity contribution in [3.63, 3.8) is 0 Å². The molecule has 13 heteroatoms. The highest BCUT2D eigenvalue weighted by Gasteiger charge is 2.30. The number of nitrogens with one attached hydrogen (secondary N) is 1. The smallest absolute Gasteiger partial charge is 0.271 e. The lowest BCUT2D eigenvalue weighted by atomic mass is 10.1. The van der Waals surface area contributed by atoms with Gasteiger partial charge in [0.25, 0.3) is 5.69 Å². The maximum atomic E-state index is 13.5. The van der Waals surface area contributed by atoms with Crippen LogP contribution in [0, 0.1) is 16.0 Å². The molecule has 0 heterocycles. The number of carbonyl (C=O) groups excluding carboxylic acids is 2. The average Bonchev–Trinajstić information content (AvgIpc) is 2.80. The number of nitro groups is 1. The summed E-state index contributed by atoms with van der Waals surface area (Å²) in [7, 11) is -4.02. The lowest BCUT2D eigenvalue weighted by molar-refractivity contribution is -0.384. The van der Waals surface area contributed by atoms with Gasteiger partial charge in [0.05, 0.1) is 26.9 Å². The van der Waals surface area contributed by atoms with Crippen LogP contribution in [0.25, 0.3) is 0 Å². The van der Waals surface area contributed by atoms with Crippen LogP contribution in [-0.2, 0) is 26.2 Å². The van der Waals surface area contributed by atoms with Gasteiger partial charge in [-0.05, 0) is 36.6 Å². The number of sulfonamides is 1. The molecule has 2 aromatic rings. The third-order valence-electron chi connectivity index (χ3n) is 5.20. The first-order chi connectivity index (χ1) is 16.7. The van der Waals surface area contributed by atoms with Crippen LogP contribution in [0.5, 0.6) is 0 Å². The van der Waals surface area contributed by atoms with Crippen molar-refractivity contribution < 1.29 is 22.9 Å². The number of benzene rings is 2. The van der Waals surface area contributed by atoms with Gasteiger partial charge in [0.1, 0.15) is 12.6 Å². The highest BCUT2D eigenvalue weighted by Crippen LogP contribution is 2.25. The van der Waals surface area contributed by atoms with Crippen molar-refractivity contribution in [3.05, 3.63) is 68.2 Å². The molecule has 0 saturated carbocycles. The summed E-state index contributed by atoms with van der Waals surface area (Å²) in [5.41, 5.74) is 0.191. The minimum atomic E-state index is -4.02. The van der Waals surface area contributed by atoms with E-state index in [0.717, 1.165) is 16.6 Å². The van der Waals surface area contributed by atoms with Gasteiger partial charge in [-0.15, -0.1) is 0 Å². The molecule has 0 aromatic heterocycles. The molecule has 1 N–H and O–H groups in total. The van der Waals surface area contributed by atoms with Gasteiger partial charge in [-0.25, -0.2) is 8.42 Å². The molecule has 0 spiro atoms. The number of anilines is 1. The summed E-state index contributed by atoms with van der Waals surface area (Å²) in [5, 5.41) is 14.5. The quantitative estimate of drug-likeness (QED) is 0.329. The Balaban J connectivity index is 2.43. The lowest BCUT2D eigenvalue weighted by Gasteiger charge is -2.31. The highest BCUT2D eigenvalue weighted by molar-refractivity contribution is 7.92. The number of rotatable bonds is 11. The van der Waals surface area contributed by atoms with E-state index in [-0.39, 0.29) is 28.9 Å². The fourth-order valence-corrected chi connectivity index (χ4v) is 4.41. The normalized spacial score (nSPS) is 12.2. The molecule has 0 saturated heterocycles. The van der Waals surface area contributed by atoms with Crippen molar-refractivity contribution in [1.82, 2.24) is 10.2 Å².